The van der Waals surface area contributed by atoms with Crippen molar-refractivity contribution >= 4 is 45.6 Å². The van der Waals surface area contributed by atoms with Crippen molar-refractivity contribution < 1.29 is 26.4 Å². The Morgan fingerprint density at radius 2 is 1.31 bits per heavy atom. The van der Waals surface area contributed by atoms with Crippen LogP contribution in [-0.2, 0) is 21.9 Å². The molecule has 8 nitrogen and oxygen atoms in total. The Morgan fingerprint density at radius 3 is 1.80 bits per heavy atom. The summed E-state index contributed by atoms with van der Waals surface area (Å²) in [6.07, 6.45) is 1.69. The lowest BCUT2D eigenvalue weighted by molar-refractivity contribution is -0.862. The molecule has 0 fully saturated rings. The molecule has 0 heterocycles. The van der Waals surface area contributed by atoms with Crippen LogP contribution in [0.2, 0.25) is 64.5 Å². The monoisotopic (exact) mass is 564 g/mol. The summed E-state index contributed by atoms with van der Waals surface area (Å²) in [7, 11) is -2.75. The molecule has 0 saturated heterocycles. The van der Waals surface area contributed by atoms with Gasteiger partial charge in [0.05, 0.1) is 21.1 Å². The molecule has 0 aromatic carbocycles. The van der Waals surface area contributed by atoms with E-state index in [2.05, 4.69) is 69.6 Å². The first-order valence-electron chi connectivity index (χ1n) is 12.7. The fourth-order valence-electron chi connectivity index (χ4n) is 4.02. The van der Waals surface area contributed by atoms with Gasteiger partial charge in [0.25, 0.3) is 5.91 Å². The zero-order valence-corrected chi connectivity index (χ0v) is 28.6. The molecule has 12 heteroatoms. The number of amides is 2. The van der Waals surface area contributed by atoms with Gasteiger partial charge in [0, 0.05) is 18.7 Å². The number of nitrogens with one attached hydrogen (secondary N) is 2. The van der Waals surface area contributed by atoms with Gasteiger partial charge in [0.15, 0.2) is 23.2 Å². The number of hydrogen-bond donors (Lipinski definition) is 2. The summed E-state index contributed by atoms with van der Waals surface area (Å²) in [6.45, 7) is 24.5. The molecule has 0 aliphatic carbocycles. The molecule has 0 aromatic heterocycles. The standard InChI is InChI=1S/C23H53N3O5Si4/c1-21(2)23(28)25-17-15-19-35(13,29-32(6,7)8)31-34(11,12)30-33(9,10)18-14-16-24-22(27)20-26(3,4)5/h1,14-20H2,2-13H3,(H-,24,25,27,28)/p+1. The van der Waals surface area contributed by atoms with Gasteiger partial charge >= 0.3 is 17.1 Å². The van der Waals surface area contributed by atoms with Gasteiger partial charge in [-0.3, -0.25) is 9.59 Å². The Labute approximate surface area is 219 Å². The smallest absolute Gasteiger partial charge is 0.315 e. The van der Waals surface area contributed by atoms with Crippen LogP contribution in [0.3, 0.4) is 0 Å². The van der Waals surface area contributed by atoms with E-state index in [9.17, 15) is 9.59 Å². The molecule has 0 radical (unpaired) electrons. The highest BCUT2D eigenvalue weighted by Crippen LogP contribution is 2.28. The maximum atomic E-state index is 12.1. The van der Waals surface area contributed by atoms with E-state index >= 15 is 0 Å². The van der Waals surface area contributed by atoms with Crippen molar-refractivity contribution in [1.82, 2.24) is 10.6 Å². The largest absolute Gasteiger partial charge is 0.437 e. The van der Waals surface area contributed by atoms with Crippen molar-refractivity contribution in [3.05, 3.63) is 12.2 Å². The second kappa shape index (κ2) is 13.8. The summed E-state index contributed by atoms with van der Waals surface area (Å²) in [5.74, 6) is -0.0273. The van der Waals surface area contributed by atoms with Crippen LogP contribution >= 0.6 is 0 Å². The third kappa shape index (κ3) is 18.3. The summed E-state index contributed by atoms with van der Waals surface area (Å²) >= 11 is 0. The van der Waals surface area contributed by atoms with Gasteiger partial charge in [0.2, 0.25) is 5.91 Å². The first-order valence-corrected chi connectivity index (χ1v) is 24.5. The minimum absolute atomic E-state index is 0.0839. The fourth-order valence-corrected chi connectivity index (χ4v) is 22.8. The number of quaternary nitrogens is 1. The van der Waals surface area contributed by atoms with E-state index in [4.69, 9.17) is 12.3 Å². The molecule has 0 aromatic rings. The second-order valence-corrected chi connectivity index (χ2v) is 29.0. The normalized spacial score (nSPS) is 14.9. The van der Waals surface area contributed by atoms with Crippen molar-refractivity contribution in [2.45, 2.75) is 84.2 Å². The van der Waals surface area contributed by atoms with Gasteiger partial charge in [0.1, 0.15) is 0 Å². The first kappa shape index (κ1) is 34.4. The number of hydrogen-bond acceptors (Lipinski definition) is 5. The van der Waals surface area contributed by atoms with Gasteiger partial charge in [-0.15, -0.1) is 0 Å². The summed E-state index contributed by atoms with van der Waals surface area (Å²) < 4.78 is 20.8. The van der Waals surface area contributed by atoms with Gasteiger partial charge in [-0.1, -0.05) is 6.58 Å². The number of nitrogens with zero attached hydrogens (tertiary/aromatic N) is 1. The zero-order chi connectivity index (χ0) is 27.7. The summed E-state index contributed by atoms with van der Waals surface area (Å²) in [4.78, 5) is 23.9. The lowest BCUT2D eigenvalue weighted by atomic mass is 10.3. The molecule has 1 unspecified atom stereocenters. The average Bonchev–Trinajstić information content (AvgIpc) is 2.57. The first-order chi connectivity index (χ1) is 15.5. The van der Waals surface area contributed by atoms with Crippen LogP contribution in [0, 0.1) is 0 Å². The topological polar surface area (TPSA) is 85.9 Å². The molecule has 35 heavy (non-hydrogen) atoms. The highest BCUT2D eigenvalue weighted by Gasteiger charge is 2.44. The van der Waals surface area contributed by atoms with Crippen LogP contribution in [0.4, 0.5) is 0 Å². The van der Waals surface area contributed by atoms with Gasteiger partial charge in [-0.05, 0) is 84.2 Å². The third-order valence-corrected chi connectivity index (χ3v) is 19.7. The van der Waals surface area contributed by atoms with E-state index < -0.39 is 33.8 Å². The maximum Gasteiger partial charge on any atom is 0.315 e. The molecular formula is C23H54N3O5Si4+. The number of rotatable bonds is 17. The highest BCUT2D eigenvalue weighted by atomic mass is 28.5. The van der Waals surface area contributed by atoms with Gasteiger partial charge in [-0.2, -0.15) is 0 Å². The van der Waals surface area contributed by atoms with Crippen LogP contribution < -0.4 is 10.6 Å². The van der Waals surface area contributed by atoms with Crippen molar-refractivity contribution in [3.8, 4) is 0 Å². The van der Waals surface area contributed by atoms with Crippen LogP contribution in [0.25, 0.3) is 0 Å². The lowest BCUT2D eigenvalue weighted by Gasteiger charge is -2.42. The summed E-state index contributed by atoms with van der Waals surface area (Å²) in [6, 6.07) is 1.76. The molecule has 2 amide bonds. The van der Waals surface area contributed by atoms with E-state index in [0.717, 1.165) is 24.9 Å². The summed E-state index contributed by atoms with van der Waals surface area (Å²) in [5.41, 5.74) is 0.515. The molecule has 2 N–H and O–H groups in total. The number of carbonyl (C=O) groups is 2. The van der Waals surface area contributed by atoms with Crippen LogP contribution in [0.5, 0.6) is 0 Å². The fraction of sp³-hybridized carbons (Fsp3) is 0.826. The predicted octanol–water partition coefficient (Wildman–Crippen LogP) is 4.14. The molecule has 0 bridgehead atoms. The van der Waals surface area contributed by atoms with Crippen molar-refractivity contribution in [2.24, 2.45) is 0 Å². The average molecular weight is 565 g/mol. The van der Waals surface area contributed by atoms with Crippen LogP contribution in [0.1, 0.15) is 19.8 Å². The van der Waals surface area contributed by atoms with E-state index in [0.29, 0.717) is 29.7 Å². The number of likely N-dealkylation sites (N-methyl/N-ethyl adjacent to an activating group) is 1. The van der Waals surface area contributed by atoms with E-state index in [1.807, 2.05) is 21.1 Å². The Kier molecular flexibility index (Phi) is 13.6. The Hall–Kier alpha value is -0.612. The number of carbonyl (C=O) groups excluding carboxylic acids is 2. The van der Waals surface area contributed by atoms with Crippen LogP contribution in [-0.4, -0.2) is 90.8 Å². The zero-order valence-electron chi connectivity index (χ0n) is 24.6. The SMILES string of the molecule is C=C(C)C(=O)NCCC[Si](C)(O[Si](C)(C)C)O[Si](C)(C)O[Si](C)(C)CCCNC(=O)C[N+](C)(C)C. The van der Waals surface area contributed by atoms with Gasteiger partial charge < -0.3 is 27.5 Å². The third-order valence-electron chi connectivity index (χ3n) is 4.88. The second-order valence-electron chi connectivity index (χ2n) is 12.8. The Morgan fingerprint density at radius 1 is 0.800 bits per heavy atom. The predicted molar refractivity (Wildman–Crippen MR) is 156 cm³/mol. The van der Waals surface area contributed by atoms with Crippen molar-refractivity contribution in [1.29, 1.82) is 0 Å². The lowest BCUT2D eigenvalue weighted by Crippen LogP contribution is -2.57. The molecular weight excluding hydrogens is 511 g/mol. The van der Waals surface area contributed by atoms with E-state index in [1.54, 1.807) is 6.92 Å². The Balaban J connectivity index is 4.96. The quantitative estimate of drug-likeness (QED) is 0.120. The minimum atomic E-state index is -2.51. The Bertz CT molecular complexity index is 721. The molecule has 0 rings (SSSR count). The van der Waals surface area contributed by atoms with Gasteiger partial charge in [-0.25, -0.2) is 0 Å². The highest BCUT2D eigenvalue weighted by molar-refractivity contribution is 6.89. The maximum absolute atomic E-state index is 12.1. The molecule has 206 valence electrons. The van der Waals surface area contributed by atoms with Crippen LogP contribution in [0.15, 0.2) is 12.2 Å². The summed E-state index contributed by atoms with van der Waals surface area (Å²) in [5, 5.41) is 5.94. The minimum Gasteiger partial charge on any atom is -0.437 e. The van der Waals surface area contributed by atoms with Crippen molar-refractivity contribution in [3.63, 3.8) is 0 Å². The molecule has 0 aliphatic rings. The van der Waals surface area contributed by atoms with E-state index in [-0.39, 0.29) is 11.8 Å². The van der Waals surface area contributed by atoms with Crippen molar-refractivity contribution in [2.75, 3.05) is 40.8 Å². The van der Waals surface area contributed by atoms with E-state index in [1.165, 1.54) is 0 Å². The molecule has 0 aliphatic heterocycles. The molecule has 0 spiro atoms. The molecule has 1 atom stereocenters. The molecule has 0 saturated carbocycles.